The largest absolute Gasteiger partial charge is 0.326 e. The van der Waals surface area contributed by atoms with Crippen LogP contribution in [0, 0.1) is 23.6 Å². The molecule has 4 rings (SSSR count). The van der Waals surface area contributed by atoms with Crippen LogP contribution in [0.15, 0.2) is 12.1 Å². The minimum Gasteiger partial charge on any atom is -0.326 e. The summed E-state index contributed by atoms with van der Waals surface area (Å²) in [6, 6.07) is 3.30. The molecule has 0 spiro atoms. The normalized spacial score (nSPS) is 32.3. The van der Waals surface area contributed by atoms with Crippen LogP contribution in [0.2, 0.25) is 0 Å². The molecule has 4 heteroatoms. The van der Waals surface area contributed by atoms with E-state index >= 15 is 0 Å². The number of hydrogen-bond donors (Lipinski definition) is 1. The Hall–Kier alpha value is -1.09. The van der Waals surface area contributed by atoms with Crippen molar-refractivity contribution in [1.29, 1.82) is 0 Å². The lowest BCUT2D eigenvalue weighted by Gasteiger charge is -2.23. The third-order valence-electron chi connectivity index (χ3n) is 5.11. The number of fused-ring (bicyclic) bond motifs is 2. The Kier molecular flexibility index (Phi) is 2.81. The summed E-state index contributed by atoms with van der Waals surface area (Å²) in [5, 5.41) is 2.50. The van der Waals surface area contributed by atoms with Crippen molar-refractivity contribution in [3.8, 4) is 0 Å². The Labute approximate surface area is 122 Å². The number of alkyl halides is 1. The molecule has 1 N–H and O–H groups in total. The van der Waals surface area contributed by atoms with Gasteiger partial charge in [-0.1, -0.05) is 0 Å². The van der Waals surface area contributed by atoms with Gasteiger partial charge in [-0.2, -0.15) is 0 Å². The zero-order chi connectivity index (χ0) is 13.9. The fourth-order valence-electron chi connectivity index (χ4n) is 3.89. The van der Waals surface area contributed by atoms with Crippen molar-refractivity contribution >= 4 is 23.2 Å². The third-order valence-corrected chi connectivity index (χ3v) is 5.70. The van der Waals surface area contributed by atoms with Gasteiger partial charge in [0.1, 0.15) is 5.82 Å². The molecule has 3 aliphatic rings. The molecule has 1 aliphatic heterocycles. The van der Waals surface area contributed by atoms with Gasteiger partial charge >= 0.3 is 0 Å². The molecule has 3 unspecified atom stereocenters. The van der Waals surface area contributed by atoms with Gasteiger partial charge in [-0.05, 0) is 61.1 Å². The molecule has 0 saturated heterocycles. The van der Waals surface area contributed by atoms with Crippen molar-refractivity contribution in [3.05, 3.63) is 29.1 Å². The first-order chi connectivity index (χ1) is 9.61. The minimum absolute atomic E-state index is 0.0389. The molecule has 20 heavy (non-hydrogen) atoms. The zero-order valence-electron chi connectivity index (χ0n) is 11.2. The van der Waals surface area contributed by atoms with Crippen LogP contribution in [0.4, 0.5) is 10.1 Å². The SMILES string of the molecule is O=C1CCc2cc(C(Cl)C3CC4CC4C3)c(F)cc2N1. The number of amides is 1. The highest BCUT2D eigenvalue weighted by Gasteiger charge is 2.48. The lowest BCUT2D eigenvalue weighted by atomic mass is 9.91. The van der Waals surface area contributed by atoms with Crippen LogP contribution in [0.5, 0.6) is 0 Å². The van der Waals surface area contributed by atoms with Crippen LogP contribution in [-0.4, -0.2) is 5.91 Å². The van der Waals surface area contributed by atoms with Crippen LogP contribution >= 0.6 is 11.6 Å². The van der Waals surface area contributed by atoms with E-state index < -0.39 is 0 Å². The molecular weight excluding hydrogens is 277 g/mol. The first kappa shape index (κ1) is 12.6. The quantitative estimate of drug-likeness (QED) is 0.819. The van der Waals surface area contributed by atoms with E-state index in [1.807, 2.05) is 6.07 Å². The van der Waals surface area contributed by atoms with Crippen molar-refractivity contribution < 1.29 is 9.18 Å². The molecule has 1 aromatic rings. The molecule has 1 heterocycles. The van der Waals surface area contributed by atoms with E-state index in [2.05, 4.69) is 5.32 Å². The van der Waals surface area contributed by atoms with Crippen molar-refractivity contribution in [2.45, 2.75) is 37.5 Å². The highest BCUT2D eigenvalue weighted by atomic mass is 35.5. The van der Waals surface area contributed by atoms with Crippen LogP contribution < -0.4 is 5.32 Å². The fraction of sp³-hybridized carbons (Fsp3) is 0.562. The van der Waals surface area contributed by atoms with Gasteiger partial charge in [0.2, 0.25) is 5.91 Å². The summed E-state index contributed by atoms with van der Waals surface area (Å²) < 4.78 is 14.3. The van der Waals surface area contributed by atoms with Gasteiger partial charge in [-0.25, -0.2) is 4.39 Å². The lowest BCUT2D eigenvalue weighted by molar-refractivity contribution is -0.116. The van der Waals surface area contributed by atoms with Gasteiger partial charge in [0.15, 0.2) is 0 Å². The predicted molar refractivity (Wildman–Crippen MR) is 76.3 cm³/mol. The molecule has 2 fully saturated rings. The second-order valence-corrected chi connectivity index (χ2v) is 6.94. The van der Waals surface area contributed by atoms with Crippen LogP contribution in [0.25, 0.3) is 0 Å². The molecule has 106 valence electrons. The van der Waals surface area contributed by atoms with Crippen molar-refractivity contribution in [3.63, 3.8) is 0 Å². The standard InChI is InChI=1S/C16H17ClFNO/c17-16(11-4-9-3-10(9)5-11)12-6-8-1-2-15(20)19-14(8)7-13(12)18/h6-7,9-11,16H,1-5H2,(H,19,20). The summed E-state index contributed by atoms with van der Waals surface area (Å²) >= 11 is 6.55. The Bertz CT molecular complexity index is 578. The number of hydrogen-bond acceptors (Lipinski definition) is 1. The predicted octanol–water partition coefficient (Wildman–Crippen LogP) is 4.04. The topological polar surface area (TPSA) is 29.1 Å². The van der Waals surface area contributed by atoms with Gasteiger partial charge in [0, 0.05) is 17.7 Å². The molecule has 0 aromatic heterocycles. The van der Waals surface area contributed by atoms with E-state index in [0.717, 1.165) is 30.2 Å². The number of halogens is 2. The monoisotopic (exact) mass is 293 g/mol. The number of benzene rings is 1. The summed E-state index contributed by atoms with van der Waals surface area (Å²) in [7, 11) is 0. The molecule has 1 aromatic carbocycles. The zero-order valence-corrected chi connectivity index (χ0v) is 11.9. The number of rotatable bonds is 2. The van der Waals surface area contributed by atoms with Gasteiger partial charge < -0.3 is 5.32 Å². The van der Waals surface area contributed by atoms with Gasteiger partial charge in [-0.15, -0.1) is 11.6 Å². The Balaban J connectivity index is 1.62. The van der Waals surface area contributed by atoms with Crippen molar-refractivity contribution in [2.75, 3.05) is 5.32 Å². The molecule has 1 amide bonds. The van der Waals surface area contributed by atoms with Gasteiger partial charge in [0.25, 0.3) is 0 Å². The molecular formula is C16H17ClFNO. The minimum atomic E-state index is -0.286. The second kappa shape index (κ2) is 4.45. The summed E-state index contributed by atoms with van der Waals surface area (Å²) in [6.07, 6.45) is 4.78. The average Bonchev–Trinajstić information content (AvgIpc) is 3.03. The first-order valence-corrected chi connectivity index (χ1v) is 7.81. The van der Waals surface area contributed by atoms with E-state index in [0.29, 0.717) is 30.0 Å². The lowest BCUT2D eigenvalue weighted by Crippen LogP contribution is -2.20. The summed E-state index contributed by atoms with van der Waals surface area (Å²) in [5.41, 5.74) is 2.24. The third kappa shape index (κ3) is 2.03. The van der Waals surface area contributed by atoms with Crippen molar-refractivity contribution in [2.24, 2.45) is 17.8 Å². The van der Waals surface area contributed by atoms with E-state index in [1.165, 1.54) is 12.5 Å². The van der Waals surface area contributed by atoms with Crippen LogP contribution in [0.1, 0.15) is 42.2 Å². The maximum absolute atomic E-state index is 14.3. The highest BCUT2D eigenvalue weighted by molar-refractivity contribution is 6.21. The fourth-order valence-corrected chi connectivity index (χ4v) is 4.26. The van der Waals surface area contributed by atoms with Crippen LogP contribution in [0.3, 0.4) is 0 Å². The second-order valence-electron chi connectivity index (χ2n) is 6.47. The molecule has 3 atom stereocenters. The Morgan fingerprint density at radius 3 is 2.70 bits per heavy atom. The van der Waals surface area contributed by atoms with E-state index in [4.69, 9.17) is 11.6 Å². The Morgan fingerprint density at radius 1 is 1.20 bits per heavy atom. The van der Waals surface area contributed by atoms with Gasteiger partial charge in [0.05, 0.1) is 5.38 Å². The number of nitrogens with one attached hydrogen (secondary N) is 1. The van der Waals surface area contributed by atoms with Crippen LogP contribution in [-0.2, 0) is 11.2 Å². The van der Waals surface area contributed by atoms with E-state index in [9.17, 15) is 9.18 Å². The maximum atomic E-state index is 14.3. The number of aryl methyl sites for hydroxylation is 1. The molecule has 0 bridgehead atoms. The molecule has 2 nitrogen and oxygen atoms in total. The maximum Gasteiger partial charge on any atom is 0.224 e. The summed E-state index contributed by atoms with van der Waals surface area (Å²) in [4.78, 5) is 11.3. The first-order valence-electron chi connectivity index (χ1n) is 7.38. The smallest absolute Gasteiger partial charge is 0.224 e. The van der Waals surface area contributed by atoms with Crippen molar-refractivity contribution in [1.82, 2.24) is 0 Å². The number of anilines is 1. The number of carbonyl (C=O) groups excluding carboxylic acids is 1. The van der Waals surface area contributed by atoms with Gasteiger partial charge in [-0.3, -0.25) is 4.79 Å². The average molecular weight is 294 g/mol. The summed E-state index contributed by atoms with van der Waals surface area (Å²) in [6.45, 7) is 0. The molecule has 0 radical (unpaired) electrons. The number of carbonyl (C=O) groups is 1. The van der Waals surface area contributed by atoms with E-state index in [-0.39, 0.29) is 17.1 Å². The summed E-state index contributed by atoms with van der Waals surface area (Å²) in [5.74, 6) is 1.78. The molecule has 2 aliphatic carbocycles. The van der Waals surface area contributed by atoms with E-state index in [1.54, 1.807) is 0 Å². The highest BCUT2D eigenvalue weighted by Crippen LogP contribution is 2.58. The Morgan fingerprint density at radius 2 is 1.95 bits per heavy atom. The molecule has 2 saturated carbocycles.